The second kappa shape index (κ2) is 10.8. The first-order valence-corrected chi connectivity index (χ1v) is 11.4. The molecule has 0 aliphatic carbocycles. The lowest BCUT2D eigenvalue weighted by atomic mass is 10.0. The fraction of sp³-hybridized carbons (Fsp3) is 0.0357. The minimum atomic E-state index is -0.676. The maximum Gasteiger partial charge on any atom is 0.326 e. The fourth-order valence-corrected chi connectivity index (χ4v) is 3.72. The summed E-state index contributed by atoms with van der Waals surface area (Å²) in [6.45, 7) is 1.79. The Hall–Kier alpha value is -4.62. The number of carbonyl (C=O) groups excluding carboxylic acids is 3. The molecular formula is C28H22ClN3O4. The van der Waals surface area contributed by atoms with Gasteiger partial charge < -0.3 is 15.7 Å². The van der Waals surface area contributed by atoms with Crippen LogP contribution < -0.4 is 16.0 Å². The van der Waals surface area contributed by atoms with Crippen LogP contribution in [0.4, 0.5) is 16.2 Å². The molecule has 4 amide bonds. The molecular weight excluding hydrogens is 478 g/mol. The van der Waals surface area contributed by atoms with E-state index in [9.17, 15) is 19.5 Å². The number of fused-ring (bicyclic) bond motifs is 1. The number of amides is 4. The van der Waals surface area contributed by atoms with Gasteiger partial charge in [-0.3, -0.25) is 14.9 Å². The van der Waals surface area contributed by atoms with Gasteiger partial charge in [-0.15, -0.1) is 0 Å². The number of phenols is 1. The summed E-state index contributed by atoms with van der Waals surface area (Å²) in [5.74, 6) is -0.700. The van der Waals surface area contributed by atoms with Crippen molar-refractivity contribution in [3.8, 4) is 5.75 Å². The van der Waals surface area contributed by atoms with E-state index in [4.69, 9.17) is 11.6 Å². The molecule has 36 heavy (non-hydrogen) atoms. The number of nitrogens with one attached hydrogen (secondary N) is 3. The number of urea groups is 1. The van der Waals surface area contributed by atoms with Crippen LogP contribution in [0.2, 0.25) is 5.02 Å². The number of benzene rings is 4. The van der Waals surface area contributed by atoms with Gasteiger partial charge in [0.25, 0.3) is 5.91 Å². The molecule has 0 spiro atoms. The van der Waals surface area contributed by atoms with Gasteiger partial charge in [-0.1, -0.05) is 48.0 Å². The molecule has 4 N–H and O–H groups in total. The normalized spacial score (nSPS) is 10.8. The Kier molecular flexibility index (Phi) is 7.32. The number of hydrogen-bond donors (Lipinski definition) is 4. The van der Waals surface area contributed by atoms with Crippen LogP contribution >= 0.6 is 11.6 Å². The number of rotatable bonds is 5. The highest BCUT2D eigenvalue weighted by atomic mass is 35.5. The molecule has 4 aromatic rings. The second-order valence-corrected chi connectivity index (χ2v) is 8.39. The Morgan fingerprint density at radius 2 is 1.64 bits per heavy atom. The third kappa shape index (κ3) is 5.89. The van der Waals surface area contributed by atoms with Gasteiger partial charge in [0.05, 0.1) is 10.7 Å². The standard InChI is InChI=1S/C28H22ClN3O4/c1-17-22-13-9-20(16-19(22)10-14-25(17)33)27(35)32-28(36)30-21-11-6-18(7-12-21)8-15-26(34)31-24-5-3-2-4-23(24)29/h2-16,33H,1H3,(H,31,34)(H2,30,32,35,36). The van der Waals surface area contributed by atoms with E-state index in [1.165, 1.54) is 6.08 Å². The third-order valence-corrected chi connectivity index (χ3v) is 5.81. The van der Waals surface area contributed by atoms with Crippen LogP contribution in [0.1, 0.15) is 21.5 Å². The minimum absolute atomic E-state index is 0.181. The van der Waals surface area contributed by atoms with E-state index >= 15 is 0 Å². The number of hydrogen-bond acceptors (Lipinski definition) is 4. The highest BCUT2D eigenvalue weighted by Crippen LogP contribution is 2.27. The van der Waals surface area contributed by atoms with E-state index in [2.05, 4.69) is 16.0 Å². The average molecular weight is 500 g/mol. The SMILES string of the molecule is Cc1c(O)ccc2cc(C(=O)NC(=O)Nc3ccc(C=CC(=O)Nc4ccccc4Cl)cc3)ccc12. The van der Waals surface area contributed by atoms with E-state index in [-0.39, 0.29) is 11.7 Å². The predicted octanol–water partition coefficient (Wildman–Crippen LogP) is 6.12. The van der Waals surface area contributed by atoms with Gasteiger partial charge in [0.1, 0.15) is 5.75 Å². The van der Waals surface area contributed by atoms with E-state index in [1.807, 2.05) is 0 Å². The maximum atomic E-state index is 12.5. The molecule has 4 rings (SSSR count). The second-order valence-electron chi connectivity index (χ2n) is 7.98. The molecule has 0 aliphatic rings. The molecule has 0 aromatic heterocycles. The van der Waals surface area contributed by atoms with E-state index < -0.39 is 11.9 Å². The zero-order chi connectivity index (χ0) is 25.7. The largest absolute Gasteiger partial charge is 0.508 e. The first kappa shape index (κ1) is 24.5. The van der Waals surface area contributed by atoms with Crippen LogP contribution in [0.3, 0.4) is 0 Å². The van der Waals surface area contributed by atoms with E-state index in [0.717, 1.165) is 21.9 Å². The molecule has 0 radical (unpaired) electrons. The van der Waals surface area contributed by atoms with Crippen LogP contribution in [0, 0.1) is 6.92 Å². The van der Waals surface area contributed by atoms with E-state index in [0.29, 0.717) is 22.0 Å². The van der Waals surface area contributed by atoms with Gasteiger partial charge in [-0.2, -0.15) is 0 Å². The van der Waals surface area contributed by atoms with Crippen molar-refractivity contribution in [1.82, 2.24) is 5.32 Å². The van der Waals surface area contributed by atoms with E-state index in [1.54, 1.807) is 91.9 Å². The molecule has 7 nitrogen and oxygen atoms in total. The number of aryl methyl sites for hydroxylation is 1. The summed E-state index contributed by atoms with van der Waals surface area (Å²) in [6.07, 6.45) is 3.00. The number of phenolic OH excluding ortho intramolecular Hbond substituents is 1. The van der Waals surface area contributed by atoms with Gasteiger partial charge in [-0.25, -0.2) is 4.79 Å². The number of aromatic hydroxyl groups is 1. The number of para-hydroxylation sites is 1. The highest BCUT2D eigenvalue weighted by Gasteiger charge is 2.12. The molecule has 0 bridgehead atoms. The fourth-order valence-electron chi connectivity index (χ4n) is 3.54. The topological polar surface area (TPSA) is 108 Å². The first-order chi connectivity index (χ1) is 17.3. The molecule has 0 atom stereocenters. The maximum absolute atomic E-state index is 12.5. The Balaban J connectivity index is 1.33. The molecule has 0 saturated heterocycles. The Morgan fingerprint density at radius 3 is 2.39 bits per heavy atom. The lowest BCUT2D eigenvalue weighted by Gasteiger charge is -2.09. The van der Waals surface area contributed by atoms with Crippen molar-refractivity contribution in [3.05, 3.63) is 107 Å². The smallest absolute Gasteiger partial charge is 0.326 e. The number of halogens is 1. The minimum Gasteiger partial charge on any atom is -0.508 e. The molecule has 180 valence electrons. The molecule has 4 aromatic carbocycles. The molecule has 0 heterocycles. The van der Waals surface area contributed by atoms with Crippen molar-refractivity contribution in [2.24, 2.45) is 0 Å². The summed E-state index contributed by atoms with van der Waals surface area (Å²) >= 11 is 6.04. The quantitative estimate of drug-likeness (QED) is 0.248. The summed E-state index contributed by atoms with van der Waals surface area (Å²) in [5, 5.41) is 19.5. The molecule has 0 fully saturated rings. The van der Waals surface area contributed by atoms with Gasteiger partial charge in [-0.05, 0) is 77.4 Å². The summed E-state index contributed by atoms with van der Waals surface area (Å²) in [7, 11) is 0. The first-order valence-electron chi connectivity index (χ1n) is 11.0. The van der Waals surface area contributed by atoms with Crippen molar-refractivity contribution in [2.75, 3.05) is 10.6 Å². The highest BCUT2D eigenvalue weighted by molar-refractivity contribution is 6.33. The Bertz CT molecular complexity index is 1500. The molecule has 8 heteroatoms. The van der Waals surface area contributed by atoms with Crippen molar-refractivity contribution < 1.29 is 19.5 Å². The monoisotopic (exact) mass is 499 g/mol. The van der Waals surface area contributed by atoms with Crippen molar-refractivity contribution >= 4 is 57.7 Å². The van der Waals surface area contributed by atoms with Crippen LogP contribution in [0.15, 0.2) is 84.9 Å². The molecule has 0 aliphatic heterocycles. The van der Waals surface area contributed by atoms with Crippen molar-refractivity contribution in [3.63, 3.8) is 0 Å². The summed E-state index contributed by atoms with van der Waals surface area (Å²) < 4.78 is 0. The predicted molar refractivity (Wildman–Crippen MR) is 142 cm³/mol. The summed E-state index contributed by atoms with van der Waals surface area (Å²) in [4.78, 5) is 36.9. The van der Waals surface area contributed by atoms with Gasteiger partial charge >= 0.3 is 6.03 Å². The number of carbonyl (C=O) groups is 3. The van der Waals surface area contributed by atoms with Crippen LogP contribution in [0.5, 0.6) is 5.75 Å². The van der Waals surface area contributed by atoms with Gasteiger partial charge in [0.15, 0.2) is 0 Å². The summed E-state index contributed by atoms with van der Waals surface area (Å²) in [5.41, 5.74) is 2.77. The van der Waals surface area contributed by atoms with Crippen molar-refractivity contribution in [1.29, 1.82) is 0 Å². The molecule has 0 saturated carbocycles. The van der Waals surface area contributed by atoms with Crippen LogP contribution in [0.25, 0.3) is 16.8 Å². The molecule has 0 unspecified atom stereocenters. The average Bonchev–Trinajstić information content (AvgIpc) is 2.87. The number of anilines is 2. The zero-order valence-corrected chi connectivity index (χ0v) is 20.0. The third-order valence-electron chi connectivity index (χ3n) is 5.48. The van der Waals surface area contributed by atoms with Gasteiger partial charge in [0, 0.05) is 17.3 Å². The Morgan fingerprint density at radius 1 is 0.889 bits per heavy atom. The van der Waals surface area contributed by atoms with Crippen molar-refractivity contribution in [2.45, 2.75) is 6.92 Å². The zero-order valence-electron chi connectivity index (χ0n) is 19.2. The lowest BCUT2D eigenvalue weighted by Crippen LogP contribution is -2.34. The van der Waals surface area contributed by atoms with Crippen LogP contribution in [-0.2, 0) is 4.79 Å². The number of imide groups is 1. The van der Waals surface area contributed by atoms with Gasteiger partial charge in [0.2, 0.25) is 5.91 Å². The van der Waals surface area contributed by atoms with Crippen LogP contribution in [-0.4, -0.2) is 23.0 Å². The summed E-state index contributed by atoms with van der Waals surface area (Å²) in [6, 6.07) is 21.3. The Labute approximate surface area is 212 Å². The lowest BCUT2D eigenvalue weighted by molar-refractivity contribution is -0.111.